The lowest BCUT2D eigenvalue weighted by Gasteiger charge is -2.42. The lowest BCUT2D eigenvalue weighted by atomic mass is 9.83. The zero-order valence-electron chi connectivity index (χ0n) is 19.4. The quantitative estimate of drug-likeness (QED) is 0.344. The Kier molecular flexibility index (Phi) is 5.15. The predicted molar refractivity (Wildman–Crippen MR) is 134 cm³/mol. The van der Waals surface area contributed by atoms with Crippen LogP contribution in [0.25, 0.3) is 32.2 Å². The highest BCUT2D eigenvalue weighted by molar-refractivity contribution is 7.16. The normalized spacial score (nSPS) is 15.8. The van der Waals surface area contributed by atoms with Gasteiger partial charge >= 0.3 is 0 Å². The lowest BCUT2D eigenvalue weighted by Crippen LogP contribution is -2.50. The minimum absolute atomic E-state index is 0.0941. The Morgan fingerprint density at radius 3 is 2.77 bits per heavy atom. The van der Waals surface area contributed by atoms with Gasteiger partial charge in [-0.1, -0.05) is 6.92 Å². The minimum Gasteiger partial charge on any atom is -0.489 e. The van der Waals surface area contributed by atoms with Crippen LogP contribution < -0.4 is 10.1 Å². The first-order valence-corrected chi connectivity index (χ1v) is 12.1. The molecule has 2 aromatic carbocycles. The average Bonchev–Trinajstić information content (AvgIpc) is 3.48. The Balaban J connectivity index is 1.48. The van der Waals surface area contributed by atoms with Crippen LogP contribution in [0.2, 0.25) is 0 Å². The first-order chi connectivity index (χ1) is 16.9. The molecule has 4 heterocycles. The highest BCUT2D eigenvalue weighted by Gasteiger charge is 2.40. The number of anilines is 2. The number of benzene rings is 2. The largest absolute Gasteiger partial charge is 0.489 e. The van der Waals surface area contributed by atoms with Crippen molar-refractivity contribution in [3.63, 3.8) is 0 Å². The maximum Gasteiger partial charge on any atom is 0.166 e. The van der Waals surface area contributed by atoms with Crippen molar-refractivity contribution in [1.29, 1.82) is 0 Å². The molecule has 178 valence electrons. The number of nitrogens with zero attached hydrogens (tertiary/aromatic N) is 5. The van der Waals surface area contributed by atoms with E-state index in [4.69, 9.17) is 9.47 Å². The van der Waals surface area contributed by atoms with Crippen LogP contribution >= 0.6 is 11.3 Å². The van der Waals surface area contributed by atoms with Crippen molar-refractivity contribution >= 4 is 44.0 Å². The molecule has 0 bridgehead atoms. The molecule has 1 saturated heterocycles. The third-order valence-corrected chi connectivity index (χ3v) is 7.42. The molecule has 10 heteroatoms. The Morgan fingerprint density at radius 1 is 1.17 bits per heavy atom. The number of hydrogen-bond donors (Lipinski definition) is 1. The SMILES string of the molecule is C[C@H](Oc1cc(-c2cnn(C)c2)cc2ncnc(Nc3ccc4ncsc4c3F)c12)C1(C)COC1. The van der Waals surface area contributed by atoms with Crippen molar-refractivity contribution in [3.05, 3.63) is 54.3 Å². The van der Waals surface area contributed by atoms with Crippen molar-refractivity contribution in [2.24, 2.45) is 12.5 Å². The molecule has 1 N–H and O–H groups in total. The fraction of sp³-hybridized carbons (Fsp3) is 0.280. The number of nitrogens with one attached hydrogen (secondary N) is 1. The molecule has 0 amide bonds. The smallest absolute Gasteiger partial charge is 0.166 e. The van der Waals surface area contributed by atoms with Crippen LogP contribution in [0.4, 0.5) is 15.9 Å². The van der Waals surface area contributed by atoms with E-state index in [-0.39, 0.29) is 17.3 Å². The second-order valence-corrected chi connectivity index (χ2v) is 10.0. The molecule has 1 atom stereocenters. The van der Waals surface area contributed by atoms with Gasteiger partial charge in [0.2, 0.25) is 0 Å². The number of rotatable bonds is 6. The Morgan fingerprint density at radius 2 is 2.03 bits per heavy atom. The molecule has 3 aromatic heterocycles. The van der Waals surface area contributed by atoms with Gasteiger partial charge in [0, 0.05) is 18.8 Å². The van der Waals surface area contributed by atoms with Gasteiger partial charge in [-0.15, -0.1) is 11.3 Å². The number of thiazole rings is 1. The van der Waals surface area contributed by atoms with E-state index in [0.29, 0.717) is 51.6 Å². The topological polar surface area (TPSA) is 87.0 Å². The third kappa shape index (κ3) is 3.78. The zero-order valence-corrected chi connectivity index (χ0v) is 20.3. The fourth-order valence-electron chi connectivity index (χ4n) is 4.19. The van der Waals surface area contributed by atoms with E-state index in [9.17, 15) is 0 Å². The van der Waals surface area contributed by atoms with Crippen LogP contribution in [0.15, 0.2) is 48.5 Å². The number of aryl methyl sites for hydroxylation is 1. The molecular weight excluding hydrogens is 467 g/mol. The molecule has 35 heavy (non-hydrogen) atoms. The van der Waals surface area contributed by atoms with E-state index >= 15 is 4.39 Å². The summed E-state index contributed by atoms with van der Waals surface area (Å²) in [5.41, 5.74) is 5.03. The second kappa shape index (κ2) is 8.24. The van der Waals surface area contributed by atoms with Gasteiger partial charge in [0.05, 0.1) is 57.1 Å². The Bertz CT molecular complexity index is 1560. The Labute approximate surface area is 204 Å². The number of hydrogen-bond acceptors (Lipinski definition) is 8. The monoisotopic (exact) mass is 490 g/mol. The summed E-state index contributed by atoms with van der Waals surface area (Å²) in [4.78, 5) is 13.2. The number of halogens is 1. The van der Waals surface area contributed by atoms with Crippen molar-refractivity contribution in [3.8, 4) is 16.9 Å². The maximum absolute atomic E-state index is 15.2. The van der Waals surface area contributed by atoms with Gasteiger partial charge < -0.3 is 14.8 Å². The first-order valence-electron chi connectivity index (χ1n) is 11.2. The molecule has 0 unspecified atom stereocenters. The van der Waals surface area contributed by atoms with Gasteiger partial charge in [0.15, 0.2) is 5.82 Å². The molecule has 1 aliphatic rings. The lowest BCUT2D eigenvalue weighted by molar-refractivity contribution is -0.148. The molecular formula is C25H23FN6O2S. The Hall–Kier alpha value is -3.63. The molecule has 0 saturated carbocycles. The van der Waals surface area contributed by atoms with Crippen LogP contribution in [-0.2, 0) is 11.8 Å². The van der Waals surface area contributed by atoms with Crippen molar-refractivity contribution in [1.82, 2.24) is 24.7 Å². The van der Waals surface area contributed by atoms with Crippen LogP contribution in [-0.4, -0.2) is 44.1 Å². The fourth-order valence-corrected chi connectivity index (χ4v) is 4.92. The summed E-state index contributed by atoms with van der Waals surface area (Å²) in [6, 6.07) is 7.40. The van der Waals surface area contributed by atoms with Gasteiger partial charge in [0.1, 0.15) is 24.0 Å². The van der Waals surface area contributed by atoms with E-state index in [1.165, 1.54) is 17.7 Å². The minimum atomic E-state index is -0.362. The van der Waals surface area contributed by atoms with Gasteiger partial charge in [-0.05, 0) is 36.8 Å². The summed E-state index contributed by atoms with van der Waals surface area (Å²) in [5.74, 6) is 0.718. The summed E-state index contributed by atoms with van der Waals surface area (Å²) in [7, 11) is 1.88. The van der Waals surface area contributed by atoms with E-state index in [1.807, 2.05) is 32.3 Å². The predicted octanol–water partition coefficient (Wildman–Crippen LogP) is 5.33. The summed E-state index contributed by atoms with van der Waals surface area (Å²) in [6.07, 6.45) is 5.09. The summed E-state index contributed by atoms with van der Waals surface area (Å²) in [5, 5.41) is 8.15. The molecule has 6 rings (SSSR count). The van der Waals surface area contributed by atoms with Gasteiger partial charge in [-0.3, -0.25) is 4.68 Å². The molecule has 0 spiro atoms. The second-order valence-electron chi connectivity index (χ2n) is 9.15. The van der Waals surface area contributed by atoms with Crippen LogP contribution in [0.3, 0.4) is 0 Å². The first kappa shape index (κ1) is 21.9. The molecule has 1 fully saturated rings. The number of aromatic nitrogens is 5. The van der Waals surface area contributed by atoms with E-state index < -0.39 is 0 Å². The highest BCUT2D eigenvalue weighted by atomic mass is 32.1. The van der Waals surface area contributed by atoms with E-state index in [0.717, 1.165) is 11.1 Å². The van der Waals surface area contributed by atoms with Gasteiger partial charge in [-0.25, -0.2) is 19.3 Å². The molecule has 0 aliphatic carbocycles. The summed E-state index contributed by atoms with van der Waals surface area (Å²) >= 11 is 1.26. The van der Waals surface area contributed by atoms with E-state index in [1.54, 1.807) is 28.5 Å². The number of fused-ring (bicyclic) bond motifs is 2. The molecule has 8 nitrogen and oxygen atoms in total. The van der Waals surface area contributed by atoms with Crippen molar-refractivity contribution in [2.75, 3.05) is 18.5 Å². The number of ether oxygens (including phenoxy) is 2. The third-order valence-electron chi connectivity index (χ3n) is 6.58. The van der Waals surface area contributed by atoms with Crippen LogP contribution in [0.5, 0.6) is 5.75 Å². The molecule has 5 aromatic rings. The van der Waals surface area contributed by atoms with Crippen molar-refractivity contribution in [2.45, 2.75) is 20.0 Å². The summed E-state index contributed by atoms with van der Waals surface area (Å²) in [6.45, 7) is 5.45. The average molecular weight is 491 g/mol. The van der Waals surface area contributed by atoms with Crippen LogP contribution in [0, 0.1) is 11.2 Å². The zero-order chi connectivity index (χ0) is 24.2. The van der Waals surface area contributed by atoms with Gasteiger partial charge in [0.25, 0.3) is 0 Å². The maximum atomic E-state index is 15.2. The van der Waals surface area contributed by atoms with Gasteiger partial charge in [-0.2, -0.15) is 5.10 Å². The standard InChI is InChI=1S/C25H23FN6O2S/c1-14(25(2)10-33-11-25)34-20-7-15(16-8-30-32(3)9-16)6-19-21(20)24(28-12-27-19)31-17-4-5-18-23(22(17)26)35-13-29-18/h4-9,12-14H,10-11H2,1-3H3,(H,27,28,31)/t14-/m0/s1. The van der Waals surface area contributed by atoms with Crippen molar-refractivity contribution < 1.29 is 13.9 Å². The van der Waals surface area contributed by atoms with E-state index in [2.05, 4.69) is 32.3 Å². The highest BCUT2D eigenvalue weighted by Crippen LogP contribution is 2.40. The summed E-state index contributed by atoms with van der Waals surface area (Å²) < 4.78 is 29.4. The molecule has 0 radical (unpaired) electrons. The van der Waals surface area contributed by atoms with Crippen LogP contribution in [0.1, 0.15) is 13.8 Å². The molecule has 1 aliphatic heterocycles.